The number of rotatable bonds is 10. The summed E-state index contributed by atoms with van der Waals surface area (Å²) in [4.78, 5) is 0. The Hall–Kier alpha value is -1.46. The first-order valence-electron chi connectivity index (χ1n) is 6.96. The van der Waals surface area contributed by atoms with Crippen molar-refractivity contribution in [3.63, 3.8) is 0 Å². The van der Waals surface area contributed by atoms with Gasteiger partial charge in [-0.25, -0.2) is 0 Å². The molecule has 0 aliphatic rings. The molecule has 0 amide bonds. The first kappa shape index (κ1) is 16.6. The molecule has 1 rings (SSSR count). The van der Waals surface area contributed by atoms with E-state index in [9.17, 15) is 0 Å². The van der Waals surface area contributed by atoms with Gasteiger partial charge in [0.05, 0.1) is 21.3 Å². The van der Waals surface area contributed by atoms with E-state index in [1.807, 2.05) is 12.1 Å². The zero-order chi connectivity index (χ0) is 14.8. The fourth-order valence-corrected chi connectivity index (χ4v) is 2.04. The highest BCUT2D eigenvalue weighted by Crippen LogP contribution is 2.38. The number of nitrogens with two attached hydrogens (primary N) is 1. The monoisotopic (exact) mass is 282 g/mol. The molecule has 0 radical (unpaired) electrons. The Morgan fingerprint density at radius 1 is 0.950 bits per heavy atom. The molecule has 0 saturated carbocycles. The molecular weight excluding hydrogens is 256 g/mol. The second-order valence-corrected chi connectivity index (χ2v) is 4.56. The summed E-state index contributed by atoms with van der Waals surface area (Å²) in [7, 11) is 4.86. The summed E-state index contributed by atoms with van der Waals surface area (Å²) in [5.41, 5.74) is 6.58. The van der Waals surface area contributed by atoms with Crippen molar-refractivity contribution < 1.29 is 14.2 Å². The minimum Gasteiger partial charge on any atom is -0.493 e. The molecule has 114 valence electrons. The summed E-state index contributed by atoms with van der Waals surface area (Å²) in [5, 5.41) is 3.41. The van der Waals surface area contributed by atoms with E-state index in [2.05, 4.69) is 5.32 Å². The molecule has 0 heterocycles. The summed E-state index contributed by atoms with van der Waals surface area (Å²) in [5.74, 6) is 2.00. The van der Waals surface area contributed by atoms with Crippen LogP contribution in [0.2, 0.25) is 0 Å². The van der Waals surface area contributed by atoms with E-state index in [0.29, 0.717) is 17.2 Å². The van der Waals surface area contributed by atoms with E-state index in [-0.39, 0.29) is 0 Å². The van der Waals surface area contributed by atoms with Crippen molar-refractivity contribution in [2.45, 2.75) is 25.8 Å². The van der Waals surface area contributed by atoms with Gasteiger partial charge in [0.1, 0.15) is 0 Å². The van der Waals surface area contributed by atoms with Crippen LogP contribution in [-0.4, -0.2) is 34.4 Å². The van der Waals surface area contributed by atoms with Crippen LogP contribution in [-0.2, 0) is 6.54 Å². The van der Waals surface area contributed by atoms with Crippen LogP contribution in [0.3, 0.4) is 0 Å². The van der Waals surface area contributed by atoms with Crippen molar-refractivity contribution >= 4 is 0 Å². The van der Waals surface area contributed by atoms with Crippen molar-refractivity contribution in [2.24, 2.45) is 5.73 Å². The normalized spacial score (nSPS) is 10.4. The quantitative estimate of drug-likeness (QED) is 0.642. The lowest BCUT2D eigenvalue weighted by molar-refractivity contribution is 0.323. The standard InChI is InChI=1S/C15H26N2O3/c1-18-13-9-12(10-14(19-2)15(13)20-3)11-17-8-6-4-5-7-16/h9-10,17H,4-8,11,16H2,1-3H3. The third-order valence-electron chi connectivity index (χ3n) is 3.11. The van der Waals surface area contributed by atoms with Crippen molar-refractivity contribution in [3.05, 3.63) is 17.7 Å². The lowest BCUT2D eigenvalue weighted by Crippen LogP contribution is -2.15. The van der Waals surface area contributed by atoms with Crippen LogP contribution in [0.4, 0.5) is 0 Å². The molecule has 0 fully saturated rings. The molecule has 20 heavy (non-hydrogen) atoms. The number of hydrogen-bond donors (Lipinski definition) is 2. The highest BCUT2D eigenvalue weighted by Gasteiger charge is 2.12. The minimum absolute atomic E-state index is 0.627. The minimum atomic E-state index is 0.627. The van der Waals surface area contributed by atoms with E-state index < -0.39 is 0 Å². The van der Waals surface area contributed by atoms with Gasteiger partial charge in [0.2, 0.25) is 5.75 Å². The Bertz CT molecular complexity index is 372. The van der Waals surface area contributed by atoms with Crippen molar-refractivity contribution in [2.75, 3.05) is 34.4 Å². The van der Waals surface area contributed by atoms with Crippen molar-refractivity contribution in [3.8, 4) is 17.2 Å². The maximum atomic E-state index is 5.47. The second kappa shape index (κ2) is 9.44. The molecule has 0 bridgehead atoms. The third kappa shape index (κ3) is 4.90. The van der Waals surface area contributed by atoms with Gasteiger partial charge in [-0.15, -0.1) is 0 Å². The summed E-state index contributed by atoms with van der Waals surface area (Å²) < 4.78 is 16.0. The fourth-order valence-electron chi connectivity index (χ4n) is 2.04. The molecule has 0 aliphatic heterocycles. The maximum absolute atomic E-state index is 5.47. The van der Waals surface area contributed by atoms with Gasteiger partial charge < -0.3 is 25.3 Å². The van der Waals surface area contributed by atoms with Crippen LogP contribution in [0.25, 0.3) is 0 Å². The molecular formula is C15H26N2O3. The van der Waals surface area contributed by atoms with Gasteiger partial charge >= 0.3 is 0 Å². The molecule has 0 aliphatic carbocycles. The molecule has 0 unspecified atom stereocenters. The largest absolute Gasteiger partial charge is 0.493 e. The van der Waals surface area contributed by atoms with Gasteiger partial charge in [-0.05, 0) is 43.6 Å². The van der Waals surface area contributed by atoms with E-state index >= 15 is 0 Å². The Morgan fingerprint density at radius 2 is 1.60 bits per heavy atom. The Morgan fingerprint density at radius 3 is 2.10 bits per heavy atom. The maximum Gasteiger partial charge on any atom is 0.203 e. The Labute approximate surface area is 121 Å². The number of methoxy groups -OCH3 is 3. The molecule has 0 spiro atoms. The topological polar surface area (TPSA) is 65.7 Å². The molecule has 0 atom stereocenters. The van der Waals surface area contributed by atoms with Crippen LogP contribution in [0.5, 0.6) is 17.2 Å². The van der Waals surface area contributed by atoms with E-state index in [1.165, 1.54) is 6.42 Å². The summed E-state index contributed by atoms with van der Waals surface area (Å²) >= 11 is 0. The Kier molecular flexibility index (Phi) is 7.84. The predicted molar refractivity (Wildman–Crippen MR) is 80.7 cm³/mol. The fraction of sp³-hybridized carbons (Fsp3) is 0.600. The smallest absolute Gasteiger partial charge is 0.203 e. The number of nitrogens with one attached hydrogen (secondary N) is 1. The second-order valence-electron chi connectivity index (χ2n) is 4.56. The van der Waals surface area contributed by atoms with E-state index in [0.717, 1.165) is 38.0 Å². The van der Waals surface area contributed by atoms with E-state index in [1.54, 1.807) is 21.3 Å². The van der Waals surface area contributed by atoms with Gasteiger partial charge in [0, 0.05) is 6.54 Å². The SMILES string of the molecule is COc1cc(CNCCCCCN)cc(OC)c1OC. The average Bonchev–Trinajstić information content (AvgIpc) is 2.49. The number of ether oxygens (including phenoxy) is 3. The summed E-state index contributed by atoms with van der Waals surface area (Å²) in [6.45, 7) is 2.53. The molecule has 0 aromatic heterocycles. The highest BCUT2D eigenvalue weighted by atomic mass is 16.5. The van der Waals surface area contributed by atoms with Gasteiger partial charge in [-0.3, -0.25) is 0 Å². The number of hydrogen-bond acceptors (Lipinski definition) is 5. The van der Waals surface area contributed by atoms with Crippen LogP contribution < -0.4 is 25.3 Å². The molecule has 3 N–H and O–H groups in total. The van der Waals surface area contributed by atoms with Crippen LogP contribution in [0.15, 0.2) is 12.1 Å². The van der Waals surface area contributed by atoms with Crippen LogP contribution in [0.1, 0.15) is 24.8 Å². The molecule has 5 heteroatoms. The van der Waals surface area contributed by atoms with Crippen LogP contribution >= 0.6 is 0 Å². The summed E-state index contributed by atoms with van der Waals surface area (Å²) in [6.07, 6.45) is 3.40. The zero-order valence-electron chi connectivity index (χ0n) is 12.7. The van der Waals surface area contributed by atoms with Crippen molar-refractivity contribution in [1.82, 2.24) is 5.32 Å². The average molecular weight is 282 g/mol. The predicted octanol–water partition coefficient (Wildman–Crippen LogP) is 1.93. The van der Waals surface area contributed by atoms with Gasteiger partial charge in [-0.1, -0.05) is 6.42 Å². The number of benzene rings is 1. The zero-order valence-corrected chi connectivity index (χ0v) is 12.7. The van der Waals surface area contributed by atoms with Gasteiger partial charge in [0.15, 0.2) is 11.5 Å². The van der Waals surface area contributed by atoms with E-state index in [4.69, 9.17) is 19.9 Å². The van der Waals surface area contributed by atoms with Gasteiger partial charge in [-0.2, -0.15) is 0 Å². The molecule has 1 aromatic carbocycles. The molecule has 0 saturated heterocycles. The van der Waals surface area contributed by atoms with Crippen LogP contribution in [0, 0.1) is 0 Å². The van der Waals surface area contributed by atoms with Crippen molar-refractivity contribution in [1.29, 1.82) is 0 Å². The Balaban J connectivity index is 2.57. The molecule has 1 aromatic rings. The third-order valence-corrected chi connectivity index (χ3v) is 3.11. The summed E-state index contributed by atoms with van der Waals surface area (Å²) in [6, 6.07) is 3.93. The van der Waals surface area contributed by atoms with Gasteiger partial charge in [0.25, 0.3) is 0 Å². The lowest BCUT2D eigenvalue weighted by atomic mass is 10.1. The highest BCUT2D eigenvalue weighted by molar-refractivity contribution is 5.53. The lowest BCUT2D eigenvalue weighted by Gasteiger charge is -2.14. The molecule has 5 nitrogen and oxygen atoms in total. The first-order valence-corrected chi connectivity index (χ1v) is 6.96. The number of unbranched alkanes of at least 4 members (excludes halogenated alkanes) is 2. The first-order chi connectivity index (χ1) is 9.76.